The van der Waals surface area contributed by atoms with Crippen LogP contribution in [0.5, 0.6) is 0 Å². The topological polar surface area (TPSA) is 51.4 Å². The summed E-state index contributed by atoms with van der Waals surface area (Å²) in [5.74, 6) is -0.735. The molecule has 0 atom stereocenters. The van der Waals surface area contributed by atoms with E-state index in [4.69, 9.17) is 5.11 Å². The Labute approximate surface area is 92.4 Å². The van der Waals surface area contributed by atoms with Crippen LogP contribution in [0.25, 0.3) is 0 Å². The van der Waals surface area contributed by atoms with Crippen molar-refractivity contribution in [1.29, 1.82) is 0 Å². The van der Waals surface area contributed by atoms with E-state index in [0.717, 1.165) is 11.5 Å². The van der Waals surface area contributed by atoms with Gasteiger partial charge in [-0.15, -0.1) is 0 Å². The minimum absolute atomic E-state index is 0. The third kappa shape index (κ3) is 4.76. The number of carboxylic acid groups (broad SMARTS) is 1. The molecule has 0 unspecified atom stereocenters. The molecule has 5 heteroatoms. The lowest BCUT2D eigenvalue weighted by atomic mass is 10.2. The molecule has 0 spiro atoms. The molecule has 1 heterocycles. The highest BCUT2D eigenvalue weighted by Crippen LogP contribution is 2.13. The van der Waals surface area contributed by atoms with Gasteiger partial charge in [0, 0.05) is 12.8 Å². The molecular formula is C7H9INO2S. The Morgan fingerprint density at radius 2 is 2.42 bits per heavy atom. The molecule has 1 aliphatic rings. The molecule has 0 aromatic heterocycles. The van der Waals surface area contributed by atoms with Gasteiger partial charge in [-0.2, -0.15) is 0 Å². The summed E-state index contributed by atoms with van der Waals surface area (Å²) < 4.78 is 0. The fraction of sp³-hybridized carbons (Fsp3) is 0.429. The lowest BCUT2D eigenvalue weighted by Gasteiger charge is -1.88. The summed E-state index contributed by atoms with van der Waals surface area (Å²) in [5, 5.41) is 11.2. The molecule has 0 aliphatic carbocycles. The second-order valence-electron chi connectivity index (χ2n) is 2.17. The fourth-order valence-corrected chi connectivity index (χ4v) is 1.43. The number of aliphatic imine (C=N–C) groups is 1. The SMILES string of the molecule is O=C(O)CCCC1=[N+]C=CS1.[I-]. The van der Waals surface area contributed by atoms with Crippen molar-refractivity contribution in [2.24, 2.45) is 0 Å². The zero-order valence-electron chi connectivity index (χ0n) is 6.36. The predicted octanol–water partition coefficient (Wildman–Crippen LogP) is -1.80. The van der Waals surface area contributed by atoms with Crippen LogP contribution >= 0.6 is 11.8 Å². The summed E-state index contributed by atoms with van der Waals surface area (Å²) in [5.41, 5.74) is 0. The Morgan fingerprint density at radius 1 is 1.67 bits per heavy atom. The summed E-state index contributed by atoms with van der Waals surface area (Å²) in [6.07, 6.45) is 3.44. The number of rotatable bonds is 4. The Balaban J connectivity index is 0.00000121. The molecule has 3 nitrogen and oxygen atoms in total. The van der Waals surface area contributed by atoms with Crippen LogP contribution in [0.4, 0.5) is 0 Å². The quantitative estimate of drug-likeness (QED) is 0.623. The van der Waals surface area contributed by atoms with Crippen molar-refractivity contribution in [3.63, 3.8) is 0 Å². The number of carbonyl (C=O) groups is 1. The van der Waals surface area contributed by atoms with Gasteiger partial charge in [0.05, 0.1) is 10.4 Å². The van der Waals surface area contributed by atoms with Crippen LogP contribution in [-0.2, 0) is 4.79 Å². The van der Waals surface area contributed by atoms with E-state index in [-0.39, 0.29) is 30.4 Å². The van der Waals surface area contributed by atoms with Crippen LogP contribution in [-0.4, -0.2) is 16.1 Å². The van der Waals surface area contributed by atoms with E-state index in [2.05, 4.69) is 4.99 Å². The zero-order chi connectivity index (χ0) is 8.10. The maximum atomic E-state index is 10.1. The first-order valence-corrected chi connectivity index (χ1v) is 4.27. The summed E-state index contributed by atoms with van der Waals surface area (Å²) in [4.78, 5) is 14.1. The van der Waals surface area contributed by atoms with E-state index >= 15 is 0 Å². The maximum absolute atomic E-state index is 10.1. The van der Waals surface area contributed by atoms with E-state index in [0.29, 0.717) is 6.42 Å². The van der Waals surface area contributed by atoms with Crippen LogP contribution in [0.3, 0.4) is 0 Å². The molecule has 0 saturated heterocycles. The van der Waals surface area contributed by atoms with Gasteiger partial charge < -0.3 is 29.1 Å². The minimum Gasteiger partial charge on any atom is -1.00 e. The Bertz CT molecular complexity index is 215. The van der Waals surface area contributed by atoms with E-state index < -0.39 is 5.97 Å². The van der Waals surface area contributed by atoms with E-state index in [9.17, 15) is 4.79 Å². The summed E-state index contributed by atoms with van der Waals surface area (Å²) in [6, 6.07) is 0. The van der Waals surface area contributed by atoms with Crippen molar-refractivity contribution in [2.75, 3.05) is 0 Å². The lowest BCUT2D eigenvalue weighted by molar-refractivity contribution is -0.137. The molecule has 1 radical (unpaired) electrons. The summed E-state index contributed by atoms with van der Waals surface area (Å²) in [7, 11) is 0. The molecule has 1 rings (SSSR count). The average Bonchev–Trinajstić information content (AvgIpc) is 2.39. The van der Waals surface area contributed by atoms with Gasteiger partial charge in [0.2, 0.25) is 6.20 Å². The molecule has 12 heavy (non-hydrogen) atoms. The Morgan fingerprint density at radius 3 is 2.92 bits per heavy atom. The minimum atomic E-state index is -0.735. The second kappa shape index (κ2) is 6.47. The first kappa shape index (κ1) is 12.0. The van der Waals surface area contributed by atoms with Gasteiger partial charge in [0.1, 0.15) is 0 Å². The number of halogens is 1. The molecule has 0 aromatic carbocycles. The number of thioether (sulfide) groups is 1. The van der Waals surface area contributed by atoms with Crippen molar-refractivity contribution in [3.05, 3.63) is 11.6 Å². The first-order chi connectivity index (χ1) is 5.29. The number of nitrogens with zero attached hydrogens (tertiary/aromatic N) is 1. The molecule has 0 bridgehead atoms. The summed E-state index contributed by atoms with van der Waals surface area (Å²) in [6.45, 7) is 0. The lowest BCUT2D eigenvalue weighted by Crippen LogP contribution is -3.00. The Kier molecular flexibility index (Phi) is 6.45. The highest BCUT2D eigenvalue weighted by Gasteiger charge is 2.14. The van der Waals surface area contributed by atoms with Gasteiger partial charge in [-0.05, 0) is 18.2 Å². The number of carboxylic acids is 1. The van der Waals surface area contributed by atoms with Gasteiger partial charge in [-0.1, -0.05) is 0 Å². The number of hydrogen-bond donors (Lipinski definition) is 1. The molecule has 1 aliphatic heterocycles. The molecule has 0 aromatic rings. The normalized spacial score (nSPS) is 13.8. The monoisotopic (exact) mass is 298 g/mol. The smallest absolute Gasteiger partial charge is 0.303 e. The van der Waals surface area contributed by atoms with Crippen molar-refractivity contribution < 1.29 is 33.9 Å². The third-order valence-corrected chi connectivity index (χ3v) is 2.10. The van der Waals surface area contributed by atoms with Crippen LogP contribution < -0.4 is 29.0 Å². The highest BCUT2D eigenvalue weighted by molar-refractivity contribution is 8.16. The van der Waals surface area contributed by atoms with Gasteiger partial charge in [-0.25, -0.2) is 0 Å². The number of hydrogen-bond acceptors (Lipinski definition) is 3. The highest BCUT2D eigenvalue weighted by atomic mass is 127. The molecule has 0 amide bonds. The average molecular weight is 298 g/mol. The van der Waals surface area contributed by atoms with E-state index in [1.165, 1.54) is 0 Å². The molecule has 0 saturated carbocycles. The fourth-order valence-electron chi connectivity index (χ4n) is 0.767. The van der Waals surface area contributed by atoms with Crippen molar-refractivity contribution >= 4 is 22.8 Å². The van der Waals surface area contributed by atoms with Crippen molar-refractivity contribution in [3.8, 4) is 0 Å². The maximum Gasteiger partial charge on any atom is 0.303 e. The summed E-state index contributed by atoms with van der Waals surface area (Å²) >= 11 is 1.57. The second-order valence-corrected chi connectivity index (χ2v) is 3.15. The molecule has 1 N–H and O–H groups in total. The van der Waals surface area contributed by atoms with Crippen LogP contribution in [0, 0.1) is 0 Å². The molecule has 67 valence electrons. The molecular weight excluding hydrogens is 289 g/mol. The van der Waals surface area contributed by atoms with Crippen LogP contribution in [0.1, 0.15) is 19.3 Å². The molecule has 0 fully saturated rings. The predicted molar refractivity (Wildman–Crippen MR) is 45.4 cm³/mol. The van der Waals surface area contributed by atoms with Gasteiger partial charge in [-0.3, -0.25) is 4.79 Å². The largest absolute Gasteiger partial charge is 1.00 e. The number of aliphatic carboxylic acids is 1. The van der Waals surface area contributed by atoms with E-state index in [1.807, 2.05) is 5.41 Å². The van der Waals surface area contributed by atoms with Gasteiger partial charge in [0.15, 0.2) is 0 Å². The van der Waals surface area contributed by atoms with Crippen LogP contribution in [0.15, 0.2) is 11.6 Å². The zero-order valence-corrected chi connectivity index (χ0v) is 9.34. The first-order valence-electron chi connectivity index (χ1n) is 3.39. The van der Waals surface area contributed by atoms with Gasteiger partial charge in [0.25, 0.3) is 5.04 Å². The van der Waals surface area contributed by atoms with E-state index in [1.54, 1.807) is 18.0 Å². The van der Waals surface area contributed by atoms with Gasteiger partial charge >= 0.3 is 5.97 Å². The standard InChI is InChI=1S/C7H9NO2S.HI/c9-7(10)3-1-2-6-8-4-5-11-6;/h4-5H,1-3H2,(H,9,10);1H/q+1;/p-1. The van der Waals surface area contributed by atoms with Crippen molar-refractivity contribution in [2.45, 2.75) is 19.3 Å². The Hall–Kier alpha value is -0.0400. The van der Waals surface area contributed by atoms with Crippen LogP contribution in [0.2, 0.25) is 0 Å². The van der Waals surface area contributed by atoms with Crippen molar-refractivity contribution in [1.82, 2.24) is 4.99 Å². The third-order valence-electron chi connectivity index (χ3n) is 1.26.